The topological polar surface area (TPSA) is 152 Å². The number of hydrogen-bond donors (Lipinski definition) is 1. The largest absolute Gasteiger partial charge is 0.490 e. The van der Waals surface area contributed by atoms with E-state index in [1.165, 1.54) is 31.4 Å². The summed E-state index contributed by atoms with van der Waals surface area (Å²) < 4.78 is 29.2. The lowest BCUT2D eigenvalue weighted by Crippen LogP contribution is -2.43. The number of methoxy groups -OCH3 is 1. The van der Waals surface area contributed by atoms with Crippen molar-refractivity contribution in [2.24, 2.45) is 0 Å². The van der Waals surface area contributed by atoms with Crippen molar-refractivity contribution in [3.63, 3.8) is 0 Å². The van der Waals surface area contributed by atoms with Crippen molar-refractivity contribution in [3.05, 3.63) is 135 Å². The van der Waals surface area contributed by atoms with Gasteiger partial charge in [0.25, 0.3) is 5.56 Å². The summed E-state index contributed by atoms with van der Waals surface area (Å²) in [5.41, 5.74) is -1.06. The van der Waals surface area contributed by atoms with Gasteiger partial charge in [-0.1, -0.05) is 54.6 Å². The highest BCUT2D eigenvalue weighted by Crippen LogP contribution is 2.35. The van der Waals surface area contributed by atoms with E-state index >= 15 is 0 Å². The Hall–Kier alpha value is -5.49. The standard InChI is InChI=1S/C31H26N2O10/c1-39-22-17-33(31(38)32-26(22)34)27-25(43-30(37)21-15-9-4-10-16-21)24(42-29(36)20-13-7-3-8-14-20)23(41-27)18-40-28(35)19-11-5-2-6-12-19/h2-17,23-25,27H,18H2,1H3,(H,32,34,38)/t23-,24?,25+,27-/m1/s1. The molecule has 1 aliphatic heterocycles. The number of hydrogen-bond acceptors (Lipinski definition) is 10. The van der Waals surface area contributed by atoms with Gasteiger partial charge >= 0.3 is 23.6 Å². The Balaban J connectivity index is 1.53. The number of aromatic nitrogens is 2. The first-order chi connectivity index (χ1) is 20.9. The Bertz CT molecular complexity index is 1700. The molecule has 220 valence electrons. The monoisotopic (exact) mass is 586 g/mol. The second-order valence-corrected chi connectivity index (χ2v) is 9.37. The Kier molecular flexibility index (Phi) is 8.77. The fourth-order valence-electron chi connectivity index (χ4n) is 4.48. The van der Waals surface area contributed by atoms with E-state index < -0.39 is 60.3 Å². The number of nitrogens with zero attached hydrogens (tertiary/aromatic N) is 1. The van der Waals surface area contributed by atoms with Crippen LogP contribution in [0.5, 0.6) is 5.75 Å². The third-order valence-electron chi connectivity index (χ3n) is 6.61. The molecule has 1 N–H and O–H groups in total. The average molecular weight is 587 g/mol. The zero-order chi connectivity index (χ0) is 30.3. The molecule has 0 amide bonds. The maximum absolute atomic E-state index is 13.2. The highest BCUT2D eigenvalue weighted by molar-refractivity contribution is 5.91. The van der Waals surface area contributed by atoms with Crippen LogP contribution in [0.4, 0.5) is 0 Å². The third kappa shape index (κ3) is 6.54. The number of ether oxygens (including phenoxy) is 5. The molecule has 1 saturated heterocycles. The maximum atomic E-state index is 13.2. The van der Waals surface area contributed by atoms with E-state index in [1.54, 1.807) is 66.7 Å². The van der Waals surface area contributed by atoms with Gasteiger partial charge in [0.2, 0.25) is 5.75 Å². The number of esters is 3. The van der Waals surface area contributed by atoms with Crippen LogP contribution in [0.1, 0.15) is 37.3 Å². The summed E-state index contributed by atoms with van der Waals surface area (Å²) >= 11 is 0. The van der Waals surface area contributed by atoms with Crippen molar-refractivity contribution in [2.45, 2.75) is 24.5 Å². The normalized spacial score (nSPS) is 19.3. The third-order valence-corrected chi connectivity index (χ3v) is 6.61. The van der Waals surface area contributed by atoms with Crippen molar-refractivity contribution in [2.75, 3.05) is 13.7 Å². The van der Waals surface area contributed by atoms with Crippen LogP contribution in [-0.2, 0) is 18.9 Å². The first kappa shape index (κ1) is 29.0. The van der Waals surface area contributed by atoms with E-state index in [0.29, 0.717) is 0 Å². The molecule has 0 aliphatic carbocycles. The van der Waals surface area contributed by atoms with Crippen LogP contribution in [0.15, 0.2) is 107 Å². The molecule has 0 radical (unpaired) electrons. The van der Waals surface area contributed by atoms with Gasteiger partial charge in [0, 0.05) is 0 Å². The van der Waals surface area contributed by atoms with Crippen LogP contribution in [0.2, 0.25) is 0 Å². The van der Waals surface area contributed by atoms with Gasteiger partial charge in [0.15, 0.2) is 18.4 Å². The van der Waals surface area contributed by atoms with Crippen LogP contribution in [0.25, 0.3) is 0 Å². The summed E-state index contributed by atoms with van der Waals surface area (Å²) in [6.45, 7) is -0.439. The van der Waals surface area contributed by atoms with Crippen LogP contribution in [0, 0.1) is 0 Å². The van der Waals surface area contributed by atoms with E-state index in [-0.39, 0.29) is 22.4 Å². The molecule has 43 heavy (non-hydrogen) atoms. The van der Waals surface area contributed by atoms with E-state index in [9.17, 15) is 24.0 Å². The molecular formula is C31H26N2O10. The van der Waals surface area contributed by atoms with Gasteiger partial charge in [-0.2, -0.15) is 0 Å². The minimum atomic E-state index is -1.44. The highest BCUT2D eigenvalue weighted by Gasteiger charge is 2.51. The summed E-state index contributed by atoms with van der Waals surface area (Å²) in [5, 5.41) is 0. The summed E-state index contributed by atoms with van der Waals surface area (Å²) in [7, 11) is 1.23. The van der Waals surface area contributed by atoms with Crippen molar-refractivity contribution in [1.82, 2.24) is 9.55 Å². The summed E-state index contributed by atoms with van der Waals surface area (Å²) in [5.74, 6) is -2.48. The van der Waals surface area contributed by atoms with Crippen molar-refractivity contribution in [3.8, 4) is 5.75 Å². The Labute approximate surface area is 244 Å². The minimum Gasteiger partial charge on any atom is -0.490 e. The molecule has 3 aromatic carbocycles. The molecule has 12 heteroatoms. The lowest BCUT2D eigenvalue weighted by molar-refractivity contribution is -0.0642. The zero-order valence-electron chi connectivity index (χ0n) is 22.8. The smallest absolute Gasteiger partial charge is 0.338 e. The van der Waals surface area contributed by atoms with Gasteiger partial charge in [-0.25, -0.2) is 19.2 Å². The molecule has 0 bridgehead atoms. The average Bonchev–Trinajstić information content (AvgIpc) is 3.36. The molecule has 0 saturated carbocycles. The minimum absolute atomic E-state index is 0.180. The summed E-state index contributed by atoms with van der Waals surface area (Å²) in [6, 6.07) is 24.3. The molecule has 2 heterocycles. The molecule has 4 atom stereocenters. The Morgan fingerprint density at radius 2 is 1.23 bits per heavy atom. The second kappa shape index (κ2) is 13.0. The SMILES string of the molecule is COc1cn([C@@H]2O[C@H](COC(=O)c3ccccc3)C(OC(=O)c3ccccc3)[C@@H]2OC(=O)c2ccccc2)c(=O)[nH]c1=O. The molecule has 4 aromatic rings. The first-order valence-corrected chi connectivity index (χ1v) is 13.1. The quantitative estimate of drug-likeness (QED) is 0.229. The van der Waals surface area contributed by atoms with Gasteiger partial charge in [-0.3, -0.25) is 14.3 Å². The molecule has 1 fully saturated rings. The van der Waals surface area contributed by atoms with E-state index in [0.717, 1.165) is 10.8 Å². The van der Waals surface area contributed by atoms with Crippen molar-refractivity contribution in [1.29, 1.82) is 0 Å². The zero-order valence-corrected chi connectivity index (χ0v) is 22.8. The molecule has 1 unspecified atom stereocenters. The number of H-pyrrole nitrogens is 1. The number of nitrogens with one attached hydrogen (secondary N) is 1. The fraction of sp³-hybridized carbons (Fsp3) is 0.194. The second-order valence-electron chi connectivity index (χ2n) is 9.37. The molecule has 1 aromatic heterocycles. The Morgan fingerprint density at radius 3 is 1.74 bits per heavy atom. The predicted molar refractivity (Wildman–Crippen MR) is 150 cm³/mol. The van der Waals surface area contributed by atoms with Crippen LogP contribution >= 0.6 is 0 Å². The lowest BCUT2D eigenvalue weighted by Gasteiger charge is -2.25. The summed E-state index contributed by atoms with van der Waals surface area (Å²) in [6.07, 6.45) is -4.35. The maximum Gasteiger partial charge on any atom is 0.338 e. The van der Waals surface area contributed by atoms with Crippen LogP contribution < -0.4 is 16.0 Å². The van der Waals surface area contributed by atoms with Crippen molar-refractivity contribution < 1.29 is 38.1 Å². The summed E-state index contributed by atoms with van der Waals surface area (Å²) in [4.78, 5) is 66.4. The number of benzene rings is 3. The van der Waals surface area contributed by atoms with Gasteiger partial charge in [0.05, 0.1) is 30.0 Å². The Morgan fingerprint density at radius 1 is 0.744 bits per heavy atom. The van der Waals surface area contributed by atoms with Gasteiger partial charge in [-0.05, 0) is 36.4 Å². The van der Waals surface area contributed by atoms with Gasteiger partial charge in [-0.15, -0.1) is 0 Å². The van der Waals surface area contributed by atoms with E-state index in [2.05, 4.69) is 4.98 Å². The van der Waals surface area contributed by atoms with Crippen LogP contribution in [-0.4, -0.2) is 59.5 Å². The van der Waals surface area contributed by atoms with E-state index in [1.807, 2.05) is 0 Å². The molecular weight excluding hydrogens is 560 g/mol. The van der Waals surface area contributed by atoms with Gasteiger partial charge < -0.3 is 23.7 Å². The van der Waals surface area contributed by atoms with E-state index in [4.69, 9.17) is 23.7 Å². The van der Waals surface area contributed by atoms with Crippen molar-refractivity contribution >= 4 is 17.9 Å². The first-order valence-electron chi connectivity index (χ1n) is 13.1. The molecule has 12 nitrogen and oxygen atoms in total. The highest BCUT2D eigenvalue weighted by atomic mass is 16.7. The number of rotatable bonds is 9. The number of aromatic amines is 1. The fourth-order valence-corrected chi connectivity index (χ4v) is 4.48. The molecule has 0 spiro atoms. The van der Waals surface area contributed by atoms with Crippen LogP contribution in [0.3, 0.4) is 0 Å². The lowest BCUT2D eigenvalue weighted by atomic mass is 10.1. The molecule has 5 rings (SSSR count). The predicted octanol–water partition coefficient (Wildman–Crippen LogP) is 2.75. The number of carbonyl (C=O) groups is 3. The molecule has 1 aliphatic rings. The number of carbonyl (C=O) groups excluding carboxylic acids is 3. The van der Waals surface area contributed by atoms with Gasteiger partial charge in [0.1, 0.15) is 12.7 Å².